The normalized spacial score (nSPS) is 22.6. The fourth-order valence-electron chi connectivity index (χ4n) is 2.23. The summed E-state index contributed by atoms with van der Waals surface area (Å²) >= 11 is 5.10. The molecule has 0 saturated carbocycles. The molecular weight excluding hydrogens is 336 g/mol. The molecule has 1 aliphatic heterocycles. The van der Waals surface area contributed by atoms with E-state index in [0.717, 1.165) is 23.3 Å². The van der Waals surface area contributed by atoms with Crippen molar-refractivity contribution in [3.8, 4) is 0 Å². The molecule has 0 bridgehead atoms. The number of nitrogens with zero attached hydrogens (tertiary/aromatic N) is 1. The second kappa shape index (κ2) is 6.37. The third kappa shape index (κ3) is 3.47. The van der Waals surface area contributed by atoms with Gasteiger partial charge in [-0.2, -0.15) is 0 Å². The van der Waals surface area contributed by atoms with Gasteiger partial charge in [0.1, 0.15) is 0 Å². The minimum atomic E-state index is -0.220. The van der Waals surface area contributed by atoms with Crippen LogP contribution in [0, 0.1) is 5.41 Å². The molecule has 0 radical (unpaired) electrons. The molecule has 0 aliphatic carbocycles. The topological polar surface area (TPSA) is 32.3 Å². The Morgan fingerprint density at radius 2 is 2.39 bits per heavy atom. The van der Waals surface area contributed by atoms with Crippen LogP contribution in [-0.4, -0.2) is 30.9 Å². The molecule has 102 valence electrons. The summed E-state index contributed by atoms with van der Waals surface area (Å²) in [6, 6.07) is 2.07. The van der Waals surface area contributed by atoms with Gasteiger partial charge in [-0.3, -0.25) is 4.79 Å². The highest BCUT2D eigenvalue weighted by Gasteiger charge is 2.38. The molecule has 1 atom stereocenters. The molecule has 2 rings (SSSR count). The van der Waals surface area contributed by atoms with E-state index in [-0.39, 0.29) is 23.7 Å². The predicted molar refractivity (Wildman–Crippen MR) is 81.3 cm³/mol. The smallest absolute Gasteiger partial charge is 0.229 e. The fraction of sp³-hybridized carbons (Fsp3) is 0.583. The number of nitrogens with one attached hydrogen (secondary N) is 1. The van der Waals surface area contributed by atoms with Crippen LogP contribution >= 0.6 is 39.7 Å². The van der Waals surface area contributed by atoms with Crippen molar-refractivity contribution in [3.63, 3.8) is 0 Å². The number of rotatable bonds is 3. The Morgan fingerprint density at radius 3 is 2.89 bits per heavy atom. The van der Waals surface area contributed by atoms with Crippen molar-refractivity contribution in [2.24, 2.45) is 5.41 Å². The maximum atomic E-state index is 12.4. The van der Waals surface area contributed by atoms with E-state index >= 15 is 0 Å². The number of hydrogen-bond donors (Lipinski definition) is 1. The van der Waals surface area contributed by atoms with E-state index in [0.29, 0.717) is 6.54 Å². The lowest BCUT2D eigenvalue weighted by Crippen LogP contribution is -2.41. The molecular formula is C12H18BrClN2OS. The van der Waals surface area contributed by atoms with Crippen LogP contribution in [0.4, 0.5) is 0 Å². The quantitative estimate of drug-likeness (QED) is 0.906. The largest absolute Gasteiger partial charge is 0.341 e. The van der Waals surface area contributed by atoms with Gasteiger partial charge < -0.3 is 10.2 Å². The van der Waals surface area contributed by atoms with E-state index in [1.807, 2.05) is 11.9 Å². The van der Waals surface area contributed by atoms with Crippen LogP contribution in [0.3, 0.4) is 0 Å². The molecule has 18 heavy (non-hydrogen) atoms. The summed E-state index contributed by atoms with van der Waals surface area (Å²) < 4.78 is 1.11. The first-order chi connectivity index (χ1) is 8.01. The Morgan fingerprint density at radius 1 is 1.67 bits per heavy atom. The second-order valence-electron chi connectivity index (χ2n) is 4.91. The molecule has 0 aromatic carbocycles. The zero-order chi connectivity index (χ0) is 12.5. The predicted octanol–water partition coefficient (Wildman–Crippen LogP) is 2.89. The molecule has 3 nitrogen and oxygen atoms in total. The monoisotopic (exact) mass is 352 g/mol. The molecule has 1 aliphatic rings. The van der Waals surface area contributed by atoms with Gasteiger partial charge in [0.15, 0.2) is 0 Å². The molecule has 1 aromatic heterocycles. The third-order valence-corrected chi connectivity index (χ3v) is 4.83. The molecule has 2 heterocycles. The fourth-order valence-corrected chi connectivity index (χ4v) is 3.43. The van der Waals surface area contributed by atoms with E-state index in [9.17, 15) is 4.79 Å². The van der Waals surface area contributed by atoms with Gasteiger partial charge >= 0.3 is 0 Å². The SMILES string of the molecule is CN(Cc1csc(Br)c1)C(=O)C1(C)CCNC1.Cl. The number of thiophene rings is 1. The molecule has 1 saturated heterocycles. The number of amides is 1. The van der Waals surface area contributed by atoms with Crippen molar-refractivity contribution in [2.75, 3.05) is 20.1 Å². The van der Waals surface area contributed by atoms with E-state index < -0.39 is 0 Å². The Kier molecular flexibility index (Phi) is 5.65. The van der Waals surface area contributed by atoms with E-state index in [2.05, 4.69) is 39.6 Å². The first kappa shape index (κ1) is 16.0. The number of hydrogen-bond acceptors (Lipinski definition) is 3. The molecule has 1 N–H and O–H groups in total. The summed E-state index contributed by atoms with van der Waals surface area (Å²) in [5, 5.41) is 5.35. The molecule has 0 spiro atoms. The van der Waals surface area contributed by atoms with Gasteiger partial charge in [0, 0.05) is 20.1 Å². The summed E-state index contributed by atoms with van der Waals surface area (Å²) in [5.74, 6) is 0.241. The minimum absolute atomic E-state index is 0. The summed E-state index contributed by atoms with van der Waals surface area (Å²) in [4.78, 5) is 14.2. The van der Waals surface area contributed by atoms with Crippen molar-refractivity contribution in [3.05, 3.63) is 20.8 Å². The van der Waals surface area contributed by atoms with Gasteiger partial charge in [-0.1, -0.05) is 0 Å². The lowest BCUT2D eigenvalue weighted by Gasteiger charge is -2.28. The second-order valence-corrected chi connectivity index (χ2v) is 7.20. The number of carbonyl (C=O) groups excluding carboxylic acids is 1. The average molecular weight is 354 g/mol. The standard InChI is InChI=1S/C12H17BrN2OS.ClH/c1-12(3-4-14-8-12)11(16)15(2)6-9-5-10(13)17-7-9;/h5,7,14H,3-4,6,8H2,1-2H3;1H. The van der Waals surface area contributed by atoms with Gasteiger partial charge in [-0.05, 0) is 52.8 Å². The molecule has 1 fully saturated rings. The van der Waals surface area contributed by atoms with Crippen molar-refractivity contribution in [2.45, 2.75) is 19.9 Å². The molecule has 6 heteroatoms. The number of carbonyl (C=O) groups is 1. The van der Waals surface area contributed by atoms with Gasteiger partial charge in [0.2, 0.25) is 5.91 Å². The van der Waals surface area contributed by atoms with Crippen LogP contribution in [-0.2, 0) is 11.3 Å². The van der Waals surface area contributed by atoms with E-state index in [4.69, 9.17) is 0 Å². The van der Waals surface area contributed by atoms with Crippen molar-refractivity contribution >= 4 is 45.6 Å². The number of halogens is 2. The molecule has 1 unspecified atom stereocenters. The maximum Gasteiger partial charge on any atom is 0.229 e. The lowest BCUT2D eigenvalue weighted by atomic mass is 9.88. The minimum Gasteiger partial charge on any atom is -0.341 e. The summed E-state index contributed by atoms with van der Waals surface area (Å²) in [6.45, 7) is 4.48. The maximum absolute atomic E-state index is 12.4. The Bertz CT molecular complexity index is 418. The first-order valence-corrected chi connectivity index (χ1v) is 7.38. The highest BCUT2D eigenvalue weighted by atomic mass is 79.9. The molecule has 1 aromatic rings. The van der Waals surface area contributed by atoms with Crippen LogP contribution in [0.1, 0.15) is 18.9 Å². The van der Waals surface area contributed by atoms with Gasteiger partial charge in [0.05, 0.1) is 9.20 Å². The summed E-state index contributed by atoms with van der Waals surface area (Å²) in [7, 11) is 1.89. The highest BCUT2D eigenvalue weighted by Crippen LogP contribution is 2.28. The first-order valence-electron chi connectivity index (χ1n) is 5.70. The summed E-state index contributed by atoms with van der Waals surface area (Å²) in [6.07, 6.45) is 0.934. The van der Waals surface area contributed by atoms with Crippen LogP contribution in [0.15, 0.2) is 15.2 Å². The zero-order valence-electron chi connectivity index (χ0n) is 10.5. The van der Waals surface area contributed by atoms with Gasteiger partial charge in [-0.15, -0.1) is 23.7 Å². The zero-order valence-corrected chi connectivity index (χ0v) is 13.8. The van der Waals surface area contributed by atoms with Crippen molar-refractivity contribution in [1.29, 1.82) is 0 Å². The summed E-state index contributed by atoms with van der Waals surface area (Å²) in [5.41, 5.74) is 0.967. The van der Waals surface area contributed by atoms with E-state index in [1.54, 1.807) is 11.3 Å². The van der Waals surface area contributed by atoms with Crippen LogP contribution in [0.5, 0.6) is 0 Å². The van der Waals surface area contributed by atoms with E-state index in [1.165, 1.54) is 5.56 Å². The average Bonchev–Trinajstić information content (AvgIpc) is 2.88. The van der Waals surface area contributed by atoms with Gasteiger partial charge in [0.25, 0.3) is 0 Å². The Labute approximate surface area is 126 Å². The Balaban J connectivity index is 0.00000162. The lowest BCUT2D eigenvalue weighted by molar-refractivity contribution is -0.139. The van der Waals surface area contributed by atoms with Crippen molar-refractivity contribution in [1.82, 2.24) is 10.2 Å². The van der Waals surface area contributed by atoms with Crippen LogP contribution < -0.4 is 5.32 Å². The van der Waals surface area contributed by atoms with Crippen LogP contribution in [0.25, 0.3) is 0 Å². The molecule has 1 amide bonds. The third-order valence-electron chi connectivity index (χ3n) is 3.27. The van der Waals surface area contributed by atoms with Crippen LogP contribution in [0.2, 0.25) is 0 Å². The highest BCUT2D eigenvalue weighted by molar-refractivity contribution is 9.11. The van der Waals surface area contributed by atoms with Crippen molar-refractivity contribution < 1.29 is 4.79 Å². The van der Waals surface area contributed by atoms with Gasteiger partial charge in [-0.25, -0.2) is 0 Å². The Hall–Kier alpha value is -0.100.